The van der Waals surface area contributed by atoms with Crippen molar-refractivity contribution in [2.45, 2.75) is 12.5 Å². The number of benzene rings is 1. The number of rotatable bonds is 4. The molecule has 8 heteroatoms. The summed E-state index contributed by atoms with van der Waals surface area (Å²) in [6, 6.07) is 8.67. The number of carbonyl (C=O) groups is 2. The minimum atomic E-state index is -0.907. The summed E-state index contributed by atoms with van der Waals surface area (Å²) in [7, 11) is 0. The van der Waals surface area contributed by atoms with Gasteiger partial charge in [0.25, 0.3) is 5.69 Å². The Bertz CT molecular complexity index is 762. The van der Waals surface area contributed by atoms with Crippen LogP contribution in [0.5, 0.6) is 0 Å². The predicted molar refractivity (Wildman–Crippen MR) is 75.6 cm³/mol. The maximum absolute atomic E-state index is 11.9. The van der Waals surface area contributed by atoms with E-state index in [1.807, 2.05) is 0 Å². The van der Waals surface area contributed by atoms with Gasteiger partial charge >= 0.3 is 11.9 Å². The second kappa shape index (κ2) is 5.91. The first-order chi connectivity index (χ1) is 11.0. The van der Waals surface area contributed by atoms with Crippen LogP contribution in [0.25, 0.3) is 11.3 Å². The Hall–Kier alpha value is -3.16. The topological polar surface area (TPSA) is 109 Å². The lowest BCUT2D eigenvalue weighted by atomic mass is 10.1. The summed E-state index contributed by atoms with van der Waals surface area (Å²) in [6.45, 7) is 0.225. The SMILES string of the molecule is O=C(O[C@H]1CCOC1=O)c1ccc(-c2ccc([N+](=O)[O-])cc2)o1. The first-order valence-electron chi connectivity index (χ1n) is 6.77. The number of furan rings is 1. The van der Waals surface area contributed by atoms with Crippen LogP contribution in [0.1, 0.15) is 17.0 Å². The van der Waals surface area contributed by atoms with Crippen LogP contribution in [-0.2, 0) is 14.3 Å². The molecule has 2 aromatic rings. The molecule has 23 heavy (non-hydrogen) atoms. The highest BCUT2D eigenvalue weighted by molar-refractivity contribution is 5.89. The van der Waals surface area contributed by atoms with E-state index in [4.69, 9.17) is 13.9 Å². The van der Waals surface area contributed by atoms with Crippen LogP contribution in [0.2, 0.25) is 0 Å². The van der Waals surface area contributed by atoms with Crippen LogP contribution in [-0.4, -0.2) is 29.6 Å². The van der Waals surface area contributed by atoms with Gasteiger partial charge in [-0.3, -0.25) is 10.1 Å². The first-order valence-corrected chi connectivity index (χ1v) is 6.77. The van der Waals surface area contributed by atoms with Gasteiger partial charge in [-0.15, -0.1) is 0 Å². The third-order valence-electron chi connectivity index (χ3n) is 3.31. The molecule has 0 radical (unpaired) electrons. The highest BCUT2D eigenvalue weighted by atomic mass is 16.6. The highest BCUT2D eigenvalue weighted by Crippen LogP contribution is 2.25. The molecule has 118 valence electrons. The number of non-ortho nitro benzene ring substituents is 1. The number of ether oxygens (including phenoxy) is 2. The van der Waals surface area contributed by atoms with Gasteiger partial charge in [0, 0.05) is 24.1 Å². The van der Waals surface area contributed by atoms with Gasteiger partial charge in [-0.25, -0.2) is 9.59 Å². The molecule has 0 saturated carbocycles. The van der Waals surface area contributed by atoms with Crippen LogP contribution < -0.4 is 0 Å². The van der Waals surface area contributed by atoms with E-state index in [9.17, 15) is 19.7 Å². The number of esters is 2. The van der Waals surface area contributed by atoms with Crippen molar-refractivity contribution in [1.82, 2.24) is 0 Å². The Morgan fingerprint density at radius 2 is 1.96 bits per heavy atom. The van der Waals surface area contributed by atoms with Crippen LogP contribution in [0.4, 0.5) is 5.69 Å². The smallest absolute Gasteiger partial charge is 0.375 e. The van der Waals surface area contributed by atoms with Crippen LogP contribution in [0.3, 0.4) is 0 Å². The van der Waals surface area contributed by atoms with Gasteiger partial charge in [0.1, 0.15) is 5.76 Å². The summed E-state index contributed by atoms with van der Waals surface area (Å²) in [6.07, 6.45) is -0.587. The van der Waals surface area contributed by atoms with E-state index in [0.29, 0.717) is 17.7 Å². The van der Waals surface area contributed by atoms with Gasteiger partial charge in [-0.2, -0.15) is 0 Å². The molecule has 2 heterocycles. The third kappa shape index (κ3) is 3.05. The fourth-order valence-electron chi connectivity index (χ4n) is 2.12. The van der Waals surface area contributed by atoms with Crippen LogP contribution in [0.15, 0.2) is 40.8 Å². The maximum Gasteiger partial charge on any atom is 0.375 e. The zero-order valence-corrected chi connectivity index (χ0v) is 11.8. The number of nitrogens with zero attached hydrogens (tertiary/aromatic N) is 1. The largest absolute Gasteiger partial charge is 0.463 e. The molecule has 8 nitrogen and oxygen atoms in total. The van der Waals surface area contributed by atoms with E-state index in [1.165, 1.54) is 30.3 Å². The molecule has 1 aromatic heterocycles. The third-order valence-corrected chi connectivity index (χ3v) is 3.31. The van der Waals surface area contributed by atoms with Crippen molar-refractivity contribution in [1.29, 1.82) is 0 Å². The minimum Gasteiger partial charge on any atom is -0.463 e. The number of cyclic esters (lactones) is 1. The van der Waals surface area contributed by atoms with Crippen molar-refractivity contribution in [3.05, 3.63) is 52.3 Å². The fraction of sp³-hybridized carbons (Fsp3) is 0.200. The summed E-state index contributed by atoms with van der Waals surface area (Å²) in [5, 5.41) is 10.6. The number of hydrogen-bond donors (Lipinski definition) is 0. The Morgan fingerprint density at radius 3 is 2.57 bits per heavy atom. The molecule has 1 aliphatic rings. The molecule has 1 aromatic carbocycles. The quantitative estimate of drug-likeness (QED) is 0.483. The lowest BCUT2D eigenvalue weighted by Gasteiger charge is -2.06. The number of nitro groups is 1. The van der Waals surface area contributed by atoms with E-state index >= 15 is 0 Å². The Labute approximate surface area is 129 Å². The summed E-state index contributed by atoms with van der Waals surface area (Å²) in [5.74, 6) is -1.03. The molecule has 1 saturated heterocycles. The van der Waals surface area contributed by atoms with Gasteiger partial charge < -0.3 is 13.9 Å². The molecule has 1 fully saturated rings. The Morgan fingerprint density at radius 1 is 1.22 bits per heavy atom. The van der Waals surface area contributed by atoms with E-state index < -0.39 is 23.0 Å². The van der Waals surface area contributed by atoms with Gasteiger partial charge in [-0.05, 0) is 24.3 Å². The number of nitro benzene ring substituents is 1. The van der Waals surface area contributed by atoms with Crippen molar-refractivity contribution in [2.24, 2.45) is 0 Å². The van der Waals surface area contributed by atoms with Gasteiger partial charge in [0.15, 0.2) is 0 Å². The molecule has 0 bridgehead atoms. The van der Waals surface area contributed by atoms with Crippen molar-refractivity contribution < 1.29 is 28.4 Å². The Kier molecular flexibility index (Phi) is 3.80. The standard InChI is InChI=1S/C15H11NO7/c17-14-13(7-8-21-14)23-15(18)12-6-5-11(22-12)9-1-3-10(4-2-9)16(19)20/h1-6,13H,7-8H2/t13-/m0/s1. The van der Waals surface area contributed by atoms with E-state index in [1.54, 1.807) is 6.07 Å². The van der Waals surface area contributed by atoms with Crippen LogP contribution >= 0.6 is 0 Å². The lowest BCUT2D eigenvalue weighted by Crippen LogP contribution is -2.22. The molecule has 0 unspecified atom stereocenters. The molecule has 3 rings (SSSR count). The molecule has 1 atom stereocenters. The summed E-state index contributed by atoms with van der Waals surface area (Å²) < 4.78 is 15.1. The number of carbonyl (C=O) groups excluding carboxylic acids is 2. The molecule has 0 spiro atoms. The molecular formula is C15H11NO7. The molecular weight excluding hydrogens is 306 g/mol. The van der Waals surface area contributed by atoms with Gasteiger partial charge in [0.05, 0.1) is 11.5 Å². The monoisotopic (exact) mass is 317 g/mol. The van der Waals surface area contributed by atoms with Crippen molar-refractivity contribution in [2.75, 3.05) is 6.61 Å². The second-order valence-corrected chi connectivity index (χ2v) is 4.82. The predicted octanol–water partition coefficient (Wildman–Crippen LogP) is 2.33. The molecule has 0 N–H and O–H groups in total. The minimum absolute atomic E-state index is 0.0420. The summed E-state index contributed by atoms with van der Waals surface area (Å²) >= 11 is 0. The lowest BCUT2D eigenvalue weighted by molar-refractivity contribution is -0.384. The van der Waals surface area contributed by atoms with Crippen molar-refractivity contribution in [3.8, 4) is 11.3 Å². The van der Waals surface area contributed by atoms with E-state index in [-0.39, 0.29) is 18.1 Å². The average Bonchev–Trinajstić information content (AvgIpc) is 3.17. The maximum atomic E-state index is 11.9. The van der Waals surface area contributed by atoms with E-state index in [0.717, 1.165) is 0 Å². The van der Waals surface area contributed by atoms with Crippen LogP contribution in [0, 0.1) is 10.1 Å². The van der Waals surface area contributed by atoms with E-state index in [2.05, 4.69) is 0 Å². The normalized spacial score (nSPS) is 16.9. The average molecular weight is 317 g/mol. The van der Waals surface area contributed by atoms with Crippen molar-refractivity contribution >= 4 is 17.6 Å². The molecule has 0 amide bonds. The number of hydrogen-bond acceptors (Lipinski definition) is 7. The van der Waals surface area contributed by atoms with Gasteiger partial charge in [0.2, 0.25) is 11.9 Å². The van der Waals surface area contributed by atoms with Gasteiger partial charge in [-0.1, -0.05) is 0 Å². The molecule has 0 aliphatic carbocycles. The first kappa shape index (κ1) is 14.8. The second-order valence-electron chi connectivity index (χ2n) is 4.82. The summed E-state index contributed by atoms with van der Waals surface area (Å²) in [4.78, 5) is 33.3. The summed E-state index contributed by atoms with van der Waals surface area (Å²) in [5.41, 5.74) is 0.537. The fourth-order valence-corrected chi connectivity index (χ4v) is 2.12. The molecule has 1 aliphatic heterocycles. The zero-order chi connectivity index (χ0) is 16.4. The van der Waals surface area contributed by atoms with Crippen molar-refractivity contribution in [3.63, 3.8) is 0 Å². The Balaban J connectivity index is 1.73. The highest BCUT2D eigenvalue weighted by Gasteiger charge is 2.31. The zero-order valence-electron chi connectivity index (χ0n) is 11.8.